The number of nitrogens with zero attached hydrogens (tertiary/aromatic N) is 2. The highest BCUT2D eigenvalue weighted by Gasteiger charge is 1.97. The highest BCUT2D eigenvalue weighted by atomic mass is 16.5. The van der Waals surface area contributed by atoms with Crippen LogP contribution in [0.25, 0.3) is 0 Å². The molecule has 19 heavy (non-hydrogen) atoms. The van der Waals surface area contributed by atoms with E-state index in [1.54, 1.807) is 13.3 Å². The van der Waals surface area contributed by atoms with Gasteiger partial charge in [0.1, 0.15) is 5.75 Å². The summed E-state index contributed by atoms with van der Waals surface area (Å²) in [6, 6.07) is 17.7. The summed E-state index contributed by atoms with van der Waals surface area (Å²) in [5.41, 5.74) is 2.94. The summed E-state index contributed by atoms with van der Waals surface area (Å²) in [5, 5.41) is 8.28. The quantitative estimate of drug-likeness (QED) is 0.605. The summed E-state index contributed by atoms with van der Waals surface area (Å²) in [5.74, 6) is 0.837. The molecule has 0 saturated heterocycles. The molecule has 2 rings (SSSR count). The second kappa shape index (κ2) is 6.50. The Morgan fingerprint density at radius 2 is 1.68 bits per heavy atom. The van der Waals surface area contributed by atoms with Crippen LogP contribution in [0, 0.1) is 0 Å². The first kappa shape index (κ1) is 13.0. The molecule has 2 aromatic carbocycles. The Balaban J connectivity index is 2.08. The average Bonchev–Trinajstić information content (AvgIpc) is 2.48. The van der Waals surface area contributed by atoms with Crippen LogP contribution in [0.2, 0.25) is 0 Å². The third-order valence-electron chi connectivity index (χ3n) is 2.72. The Labute approximate surface area is 113 Å². The van der Waals surface area contributed by atoms with Crippen molar-refractivity contribution in [1.29, 1.82) is 0 Å². The molecule has 3 heteroatoms. The van der Waals surface area contributed by atoms with E-state index in [0.717, 1.165) is 22.6 Å². The van der Waals surface area contributed by atoms with Crippen molar-refractivity contribution >= 4 is 11.9 Å². The van der Waals surface area contributed by atoms with Crippen molar-refractivity contribution in [3.63, 3.8) is 0 Å². The number of hydrogen-bond acceptors (Lipinski definition) is 3. The van der Waals surface area contributed by atoms with Gasteiger partial charge in [-0.3, -0.25) is 0 Å². The lowest BCUT2D eigenvalue weighted by atomic mass is 10.1. The monoisotopic (exact) mass is 252 g/mol. The van der Waals surface area contributed by atoms with Gasteiger partial charge >= 0.3 is 0 Å². The largest absolute Gasteiger partial charge is 0.497 e. The Kier molecular flexibility index (Phi) is 4.45. The van der Waals surface area contributed by atoms with Gasteiger partial charge in [-0.05, 0) is 42.3 Å². The zero-order valence-corrected chi connectivity index (χ0v) is 11.1. The third kappa shape index (κ3) is 3.78. The lowest BCUT2D eigenvalue weighted by Crippen LogP contribution is -1.94. The molecule has 0 N–H and O–H groups in total. The van der Waals surface area contributed by atoms with Crippen molar-refractivity contribution in [2.24, 2.45) is 10.2 Å². The highest BCUT2D eigenvalue weighted by molar-refractivity contribution is 5.99. The van der Waals surface area contributed by atoms with Crippen LogP contribution >= 0.6 is 0 Å². The number of rotatable bonds is 4. The molecule has 2 aromatic rings. The van der Waals surface area contributed by atoms with Crippen LogP contribution in [-0.2, 0) is 0 Å². The predicted octanol–water partition coefficient (Wildman–Crippen LogP) is 3.54. The molecule has 0 radical (unpaired) electrons. The van der Waals surface area contributed by atoms with Gasteiger partial charge in [0.15, 0.2) is 0 Å². The van der Waals surface area contributed by atoms with Crippen molar-refractivity contribution in [2.75, 3.05) is 7.11 Å². The van der Waals surface area contributed by atoms with Gasteiger partial charge in [0.05, 0.1) is 19.0 Å². The molecule has 0 heterocycles. The van der Waals surface area contributed by atoms with E-state index in [1.165, 1.54) is 0 Å². The summed E-state index contributed by atoms with van der Waals surface area (Å²) < 4.78 is 5.12. The molecule has 0 aliphatic rings. The van der Waals surface area contributed by atoms with Gasteiger partial charge < -0.3 is 4.74 Å². The van der Waals surface area contributed by atoms with Crippen LogP contribution in [0.4, 0.5) is 0 Å². The van der Waals surface area contributed by atoms with Crippen molar-refractivity contribution < 1.29 is 4.74 Å². The molecule has 96 valence electrons. The summed E-state index contributed by atoms with van der Waals surface area (Å²) in [7, 11) is 1.65. The van der Waals surface area contributed by atoms with Gasteiger partial charge in [0.2, 0.25) is 0 Å². The first-order valence-corrected chi connectivity index (χ1v) is 6.06. The van der Waals surface area contributed by atoms with Crippen molar-refractivity contribution in [1.82, 2.24) is 0 Å². The second-order valence-corrected chi connectivity index (χ2v) is 4.07. The van der Waals surface area contributed by atoms with E-state index in [-0.39, 0.29) is 0 Å². The highest BCUT2D eigenvalue weighted by Crippen LogP contribution is 2.12. The molecule has 0 saturated carbocycles. The Hall–Kier alpha value is -2.42. The summed E-state index contributed by atoms with van der Waals surface area (Å²) in [6.07, 6.45) is 1.74. The fraction of sp³-hybridized carbons (Fsp3) is 0.125. The number of hydrogen-bond donors (Lipinski definition) is 0. The first-order valence-electron chi connectivity index (χ1n) is 6.06. The SMILES string of the molecule is COc1ccc(/C(C)=N/N=C/c2ccccc2)cc1. The average molecular weight is 252 g/mol. The van der Waals surface area contributed by atoms with Crippen LogP contribution in [0.15, 0.2) is 64.8 Å². The summed E-state index contributed by atoms with van der Waals surface area (Å²) in [6.45, 7) is 1.93. The normalized spacial score (nSPS) is 11.8. The van der Waals surface area contributed by atoms with Crippen LogP contribution in [0.3, 0.4) is 0 Å². The lowest BCUT2D eigenvalue weighted by molar-refractivity contribution is 0.415. The molecule has 3 nitrogen and oxygen atoms in total. The Bertz CT molecular complexity index is 571. The van der Waals surface area contributed by atoms with Crippen molar-refractivity contribution in [3.8, 4) is 5.75 Å². The van der Waals surface area contributed by atoms with E-state index in [9.17, 15) is 0 Å². The van der Waals surface area contributed by atoms with Crippen LogP contribution in [0.5, 0.6) is 5.75 Å². The number of ether oxygens (including phenoxy) is 1. The molecule has 0 amide bonds. The molecular formula is C16H16N2O. The number of methoxy groups -OCH3 is 1. The maximum Gasteiger partial charge on any atom is 0.118 e. The third-order valence-corrected chi connectivity index (χ3v) is 2.72. The lowest BCUT2D eigenvalue weighted by Gasteiger charge is -2.01. The van der Waals surface area contributed by atoms with E-state index in [1.807, 2.05) is 61.5 Å². The molecular weight excluding hydrogens is 236 g/mol. The fourth-order valence-electron chi connectivity index (χ4n) is 1.61. The minimum Gasteiger partial charge on any atom is -0.497 e. The van der Waals surface area contributed by atoms with E-state index < -0.39 is 0 Å². The smallest absolute Gasteiger partial charge is 0.118 e. The maximum atomic E-state index is 5.12. The Morgan fingerprint density at radius 1 is 1.00 bits per heavy atom. The topological polar surface area (TPSA) is 34.0 Å². The first-order chi connectivity index (χ1) is 9.29. The van der Waals surface area contributed by atoms with Crippen LogP contribution in [-0.4, -0.2) is 19.0 Å². The minimum absolute atomic E-state index is 0.837. The summed E-state index contributed by atoms with van der Waals surface area (Å²) in [4.78, 5) is 0. The molecule has 0 aliphatic carbocycles. The van der Waals surface area contributed by atoms with Crippen molar-refractivity contribution in [3.05, 3.63) is 65.7 Å². The molecule has 0 atom stereocenters. The van der Waals surface area contributed by atoms with E-state index >= 15 is 0 Å². The zero-order chi connectivity index (χ0) is 13.5. The zero-order valence-electron chi connectivity index (χ0n) is 11.1. The number of benzene rings is 2. The van der Waals surface area contributed by atoms with Gasteiger partial charge in [-0.25, -0.2) is 0 Å². The van der Waals surface area contributed by atoms with Gasteiger partial charge in [0.25, 0.3) is 0 Å². The molecule has 0 unspecified atom stereocenters. The molecule has 0 bridgehead atoms. The van der Waals surface area contributed by atoms with Gasteiger partial charge in [-0.2, -0.15) is 10.2 Å². The molecule has 0 aromatic heterocycles. The van der Waals surface area contributed by atoms with Gasteiger partial charge in [-0.15, -0.1) is 0 Å². The predicted molar refractivity (Wildman–Crippen MR) is 79.2 cm³/mol. The molecule has 0 fully saturated rings. The maximum absolute atomic E-state index is 5.12. The fourth-order valence-corrected chi connectivity index (χ4v) is 1.61. The molecule has 0 spiro atoms. The summed E-state index contributed by atoms with van der Waals surface area (Å²) >= 11 is 0. The second-order valence-electron chi connectivity index (χ2n) is 4.07. The minimum atomic E-state index is 0.837. The Morgan fingerprint density at radius 3 is 2.32 bits per heavy atom. The van der Waals surface area contributed by atoms with Gasteiger partial charge in [-0.1, -0.05) is 30.3 Å². The van der Waals surface area contributed by atoms with Crippen LogP contribution in [0.1, 0.15) is 18.1 Å². The standard InChI is InChI=1S/C16H16N2O/c1-13(15-8-10-16(19-2)11-9-15)18-17-12-14-6-4-3-5-7-14/h3-12H,1-2H3/b17-12+,18-13+. The van der Waals surface area contributed by atoms with Crippen LogP contribution < -0.4 is 4.74 Å². The van der Waals surface area contributed by atoms with Crippen molar-refractivity contribution in [2.45, 2.75) is 6.92 Å². The van der Waals surface area contributed by atoms with E-state index in [2.05, 4.69) is 10.2 Å². The van der Waals surface area contributed by atoms with E-state index in [0.29, 0.717) is 0 Å². The molecule has 0 aliphatic heterocycles. The van der Waals surface area contributed by atoms with Gasteiger partial charge in [0, 0.05) is 0 Å². The van der Waals surface area contributed by atoms with E-state index in [4.69, 9.17) is 4.74 Å².